The van der Waals surface area contributed by atoms with E-state index in [1.807, 2.05) is 16.7 Å². The molecule has 22 heavy (non-hydrogen) atoms. The van der Waals surface area contributed by atoms with E-state index >= 15 is 0 Å². The second kappa shape index (κ2) is 6.27. The number of hydrogen-bond acceptors (Lipinski definition) is 4. The topological polar surface area (TPSA) is 43.6 Å². The second-order valence-corrected chi connectivity index (χ2v) is 6.56. The van der Waals surface area contributed by atoms with E-state index in [0.29, 0.717) is 5.25 Å². The fourth-order valence-corrected chi connectivity index (χ4v) is 2.87. The largest absolute Gasteiger partial charge is 0.270 e. The SMILES string of the molecule is CC(C)Sc1nnc(-c2ccncc2)n1-c1ccc(F)cc1. The summed E-state index contributed by atoms with van der Waals surface area (Å²) in [4.78, 5) is 4.03. The van der Waals surface area contributed by atoms with Crippen molar-refractivity contribution in [1.29, 1.82) is 0 Å². The molecule has 0 fully saturated rings. The summed E-state index contributed by atoms with van der Waals surface area (Å²) < 4.78 is 15.2. The lowest BCUT2D eigenvalue weighted by atomic mass is 10.2. The molecule has 0 radical (unpaired) electrons. The summed E-state index contributed by atoms with van der Waals surface area (Å²) in [5.74, 6) is 0.456. The second-order valence-electron chi connectivity index (χ2n) is 5.02. The highest BCUT2D eigenvalue weighted by Gasteiger charge is 2.17. The van der Waals surface area contributed by atoms with E-state index in [2.05, 4.69) is 29.0 Å². The third kappa shape index (κ3) is 3.01. The molecule has 0 saturated heterocycles. The molecule has 0 unspecified atom stereocenters. The Morgan fingerprint density at radius 3 is 2.32 bits per heavy atom. The maximum Gasteiger partial charge on any atom is 0.196 e. The van der Waals surface area contributed by atoms with Crippen LogP contribution in [0.3, 0.4) is 0 Å². The maximum atomic E-state index is 13.2. The average Bonchev–Trinajstić information content (AvgIpc) is 2.92. The fourth-order valence-electron chi connectivity index (χ4n) is 2.07. The number of thioether (sulfide) groups is 1. The minimum absolute atomic E-state index is 0.264. The Labute approximate surface area is 132 Å². The van der Waals surface area contributed by atoms with Crippen molar-refractivity contribution < 1.29 is 4.39 Å². The van der Waals surface area contributed by atoms with Crippen molar-refractivity contribution in [1.82, 2.24) is 19.7 Å². The number of halogens is 1. The van der Waals surface area contributed by atoms with Gasteiger partial charge in [-0.15, -0.1) is 10.2 Å². The van der Waals surface area contributed by atoms with Gasteiger partial charge in [0.2, 0.25) is 0 Å². The zero-order valence-electron chi connectivity index (χ0n) is 12.3. The summed E-state index contributed by atoms with van der Waals surface area (Å²) in [7, 11) is 0. The molecule has 0 aliphatic carbocycles. The lowest BCUT2D eigenvalue weighted by Crippen LogP contribution is -2.01. The minimum Gasteiger partial charge on any atom is -0.270 e. The van der Waals surface area contributed by atoms with Crippen molar-refractivity contribution in [2.24, 2.45) is 0 Å². The molecule has 0 bridgehead atoms. The predicted molar refractivity (Wildman–Crippen MR) is 85.5 cm³/mol. The van der Waals surface area contributed by atoms with Gasteiger partial charge in [-0.3, -0.25) is 9.55 Å². The van der Waals surface area contributed by atoms with Gasteiger partial charge in [0.05, 0.1) is 0 Å². The molecule has 6 heteroatoms. The van der Waals surface area contributed by atoms with Crippen molar-refractivity contribution in [2.75, 3.05) is 0 Å². The molecule has 3 aromatic rings. The first kappa shape index (κ1) is 14.7. The molecule has 2 heterocycles. The predicted octanol–water partition coefficient (Wildman–Crippen LogP) is 3.97. The first-order valence-corrected chi connectivity index (χ1v) is 7.81. The normalized spacial score (nSPS) is 11.1. The number of pyridine rings is 1. The van der Waals surface area contributed by atoms with Gasteiger partial charge < -0.3 is 0 Å². The number of aromatic nitrogens is 4. The molecule has 4 nitrogen and oxygen atoms in total. The molecule has 0 spiro atoms. The van der Waals surface area contributed by atoms with Crippen molar-refractivity contribution in [3.63, 3.8) is 0 Å². The zero-order valence-corrected chi connectivity index (χ0v) is 13.1. The van der Waals surface area contributed by atoms with Gasteiger partial charge in [0.15, 0.2) is 11.0 Å². The Morgan fingerprint density at radius 2 is 1.68 bits per heavy atom. The summed E-state index contributed by atoms with van der Waals surface area (Å²) in [6.07, 6.45) is 3.43. The van der Waals surface area contributed by atoms with Crippen molar-refractivity contribution in [2.45, 2.75) is 24.3 Å². The summed E-state index contributed by atoms with van der Waals surface area (Å²) in [6.45, 7) is 4.20. The quantitative estimate of drug-likeness (QED) is 0.684. The van der Waals surface area contributed by atoms with Gasteiger partial charge in [-0.2, -0.15) is 0 Å². The maximum absolute atomic E-state index is 13.2. The van der Waals surface area contributed by atoms with Crippen LogP contribution in [-0.2, 0) is 0 Å². The van der Waals surface area contributed by atoms with Crippen LogP contribution in [0.15, 0.2) is 53.9 Å². The molecule has 112 valence electrons. The fraction of sp³-hybridized carbons (Fsp3) is 0.188. The summed E-state index contributed by atoms with van der Waals surface area (Å²) in [6, 6.07) is 10.1. The molecule has 0 aliphatic heterocycles. The summed E-state index contributed by atoms with van der Waals surface area (Å²) in [5, 5.41) is 9.76. The van der Waals surface area contributed by atoms with Gasteiger partial charge in [0, 0.05) is 28.9 Å². The van der Waals surface area contributed by atoms with Gasteiger partial charge in [0.25, 0.3) is 0 Å². The zero-order chi connectivity index (χ0) is 15.5. The highest BCUT2D eigenvalue weighted by atomic mass is 32.2. The third-order valence-electron chi connectivity index (χ3n) is 3.00. The van der Waals surface area contributed by atoms with Crippen LogP contribution in [0.1, 0.15) is 13.8 Å². The molecule has 0 saturated carbocycles. The first-order valence-electron chi connectivity index (χ1n) is 6.93. The molecule has 2 aromatic heterocycles. The van der Waals surface area contributed by atoms with Gasteiger partial charge in [-0.05, 0) is 36.4 Å². The lowest BCUT2D eigenvalue weighted by Gasteiger charge is -2.11. The average molecular weight is 314 g/mol. The number of rotatable bonds is 4. The highest BCUT2D eigenvalue weighted by Crippen LogP contribution is 2.29. The molecule has 0 atom stereocenters. The van der Waals surface area contributed by atoms with Crippen molar-refractivity contribution in [3.8, 4) is 17.1 Å². The van der Waals surface area contributed by atoms with Crippen LogP contribution >= 0.6 is 11.8 Å². The van der Waals surface area contributed by atoms with E-state index in [-0.39, 0.29) is 5.82 Å². The number of benzene rings is 1. The van der Waals surface area contributed by atoms with Crippen LogP contribution < -0.4 is 0 Å². The van der Waals surface area contributed by atoms with Gasteiger partial charge in [-0.1, -0.05) is 25.6 Å². The highest BCUT2D eigenvalue weighted by molar-refractivity contribution is 7.99. The van der Waals surface area contributed by atoms with Crippen molar-refractivity contribution >= 4 is 11.8 Å². The van der Waals surface area contributed by atoms with E-state index in [1.165, 1.54) is 12.1 Å². The van der Waals surface area contributed by atoms with Crippen LogP contribution in [0, 0.1) is 5.82 Å². The van der Waals surface area contributed by atoms with Gasteiger partial charge in [-0.25, -0.2) is 4.39 Å². The number of hydrogen-bond donors (Lipinski definition) is 0. The Morgan fingerprint density at radius 1 is 1.00 bits per heavy atom. The number of nitrogens with zero attached hydrogens (tertiary/aromatic N) is 4. The van der Waals surface area contributed by atoms with Crippen molar-refractivity contribution in [3.05, 3.63) is 54.6 Å². The van der Waals surface area contributed by atoms with Crippen LogP contribution in [-0.4, -0.2) is 25.0 Å². The van der Waals surface area contributed by atoms with E-state index < -0.39 is 0 Å². The summed E-state index contributed by atoms with van der Waals surface area (Å²) in [5.41, 5.74) is 1.75. The Balaban J connectivity index is 2.15. The monoisotopic (exact) mass is 314 g/mol. The first-order chi connectivity index (χ1) is 10.6. The molecule has 3 rings (SSSR count). The molecule has 1 aromatic carbocycles. The van der Waals surface area contributed by atoms with Crippen LogP contribution in [0.4, 0.5) is 4.39 Å². The van der Waals surface area contributed by atoms with E-state index in [4.69, 9.17) is 0 Å². The Kier molecular flexibility index (Phi) is 4.20. The van der Waals surface area contributed by atoms with Gasteiger partial charge >= 0.3 is 0 Å². The van der Waals surface area contributed by atoms with E-state index in [0.717, 1.165) is 22.2 Å². The standard InChI is InChI=1S/C16H15FN4S/c1-11(2)22-16-20-19-15(12-7-9-18-10-8-12)21(16)14-5-3-13(17)4-6-14/h3-11H,1-2H3. The van der Waals surface area contributed by atoms with E-state index in [1.54, 1.807) is 36.3 Å². The minimum atomic E-state index is -0.264. The van der Waals surface area contributed by atoms with Crippen LogP contribution in [0.2, 0.25) is 0 Å². The molecule has 0 amide bonds. The Bertz CT molecular complexity index is 754. The molecular weight excluding hydrogens is 299 g/mol. The van der Waals surface area contributed by atoms with Crippen LogP contribution in [0.5, 0.6) is 0 Å². The Hall–Kier alpha value is -2.21. The van der Waals surface area contributed by atoms with E-state index in [9.17, 15) is 4.39 Å². The molecular formula is C16H15FN4S. The van der Waals surface area contributed by atoms with Crippen LogP contribution in [0.25, 0.3) is 17.1 Å². The summed E-state index contributed by atoms with van der Waals surface area (Å²) >= 11 is 1.62. The lowest BCUT2D eigenvalue weighted by molar-refractivity contribution is 0.627. The smallest absolute Gasteiger partial charge is 0.196 e. The van der Waals surface area contributed by atoms with Gasteiger partial charge in [0.1, 0.15) is 5.82 Å². The third-order valence-corrected chi connectivity index (χ3v) is 3.94. The molecule has 0 N–H and O–H groups in total. The molecule has 0 aliphatic rings.